The summed E-state index contributed by atoms with van der Waals surface area (Å²) in [5.74, 6) is 1.62. The van der Waals surface area contributed by atoms with Crippen LogP contribution in [-0.2, 0) is 4.79 Å². The first-order chi connectivity index (χ1) is 9.29. The van der Waals surface area contributed by atoms with Gasteiger partial charge >= 0.3 is 0 Å². The Balaban J connectivity index is 1.96. The number of allylic oxidation sites excluding steroid dienone is 2. The third kappa shape index (κ3) is 2.24. The zero-order valence-electron chi connectivity index (χ0n) is 10.6. The van der Waals surface area contributed by atoms with E-state index in [1.807, 2.05) is 18.2 Å². The first-order valence-corrected chi connectivity index (χ1v) is 6.55. The van der Waals surface area contributed by atoms with Gasteiger partial charge in [0.25, 0.3) is 0 Å². The Morgan fingerprint density at radius 3 is 2.84 bits per heavy atom. The number of carbonyl (C=O) groups excluding carboxylic acids is 1. The maximum absolute atomic E-state index is 12.1. The number of hydrogen-bond acceptors (Lipinski definition) is 4. The molecule has 0 unspecified atom stereocenters. The fraction of sp³-hybridized carbons (Fsp3) is 0.400. The van der Waals surface area contributed by atoms with E-state index < -0.39 is 0 Å². The van der Waals surface area contributed by atoms with Crippen molar-refractivity contribution in [3.8, 4) is 11.5 Å². The van der Waals surface area contributed by atoms with Gasteiger partial charge in [0, 0.05) is 18.6 Å². The molecule has 0 fully saturated rings. The number of aliphatic hydroxyl groups is 1. The van der Waals surface area contributed by atoms with Crippen molar-refractivity contribution < 1.29 is 19.4 Å². The average Bonchev–Trinajstić information content (AvgIpc) is 3.01. The number of carbonyl (C=O) groups is 1. The molecule has 1 heterocycles. The van der Waals surface area contributed by atoms with E-state index in [4.69, 9.17) is 14.6 Å². The van der Waals surface area contributed by atoms with Gasteiger partial charge in [0.1, 0.15) is 0 Å². The number of aliphatic hydroxyl groups excluding tert-OH is 1. The van der Waals surface area contributed by atoms with Gasteiger partial charge in [-0.15, -0.1) is 0 Å². The van der Waals surface area contributed by atoms with Crippen molar-refractivity contribution in [2.45, 2.75) is 25.7 Å². The van der Waals surface area contributed by atoms with E-state index in [0.29, 0.717) is 18.6 Å². The molecule has 1 aromatic carbocycles. The Labute approximate surface area is 111 Å². The van der Waals surface area contributed by atoms with Crippen molar-refractivity contribution in [3.63, 3.8) is 0 Å². The molecule has 0 saturated carbocycles. The number of ketones is 1. The molecule has 0 amide bonds. The Morgan fingerprint density at radius 2 is 2.00 bits per heavy atom. The minimum atomic E-state index is 0.159. The van der Waals surface area contributed by atoms with E-state index in [1.54, 1.807) is 0 Å². The molecule has 4 nitrogen and oxygen atoms in total. The second-order valence-electron chi connectivity index (χ2n) is 4.80. The molecule has 1 N–H and O–H groups in total. The van der Waals surface area contributed by atoms with Crippen molar-refractivity contribution in [1.29, 1.82) is 0 Å². The minimum absolute atomic E-state index is 0.159. The summed E-state index contributed by atoms with van der Waals surface area (Å²) in [6.45, 7) is 0.398. The molecule has 19 heavy (non-hydrogen) atoms. The highest BCUT2D eigenvalue weighted by atomic mass is 16.7. The molecule has 100 valence electrons. The zero-order chi connectivity index (χ0) is 13.2. The summed E-state index contributed by atoms with van der Waals surface area (Å²) in [5.41, 5.74) is 2.87. The van der Waals surface area contributed by atoms with Crippen LogP contribution in [0, 0.1) is 0 Å². The number of Topliss-reactive ketones (excluding diaryl/α,β-unsaturated/α-hetero) is 1. The molecule has 0 bridgehead atoms. The van der Waals surface area contributed by atoms with Crippen LogP contribution in [0.1, 0.15) is 31.2 Å². The van der Waals surface area contributed by atoms with E-state index in [2.05, 4.69) is 0 Å². The van der Waals surface area contributed by atoms with Crippen LogP contribution < -0.4 is 9.47 Å². The van der Waals surface area contributed by atoms with Crippen LogP contribution in [0.2, 0.25) is 0 Å². The molecular weight excluding hydrogens is 244 g/mol. The highest BCUT2D eigenvalue weighted by Crippen LogP contribution is 2.39. The van der Waals surface area contributed by atoms with Gasteiger partial charge in [0.15, 0.2) is 17.3 Å². The summed E-state index contributed by atoms with van der Waals surface area (Å²) in [4.78, 5) is 12.1. The van der Waals surface area contributed by atoms with Crippen LogP contribution >= 0.6 is 0 Å². The average molecular weight is 260 g/mol. The number of hydrogen-bond donors (Lipinski definition) is 1. The molecule has 0 aromatic heterocycles. The highest BCUT2D eigenvalue weighted by molar-refractivity contribution is 6.23. The van der Waals surface area contributed by atoms with Gasteiger partial charge in [-0.3, -0.25) is 4.79 Å². The Hall–Kier alpha value is -1.81. The lowest BCUT2D eigenvalue weighted by Gasteiger charge is -2.07. The monoisotopic (exact) mass is 260 g/mol. The fourth-order valence-electron chi connectivity index (χ4n) is 2.67. The summed E-state index contributed by atoms with van der Waals surface area (Å²) in [7, 11) is 0. The van der Waals surface area contributed by atoms with Crippen molar-refractivity contribution >= 4 is 11.4 Å². The Morgan fingerprint density at radius 1 is 1.16 bits per heavy atom. The predicted octanol–water partition coefficient (Wildman–Crippen LogP) is 2.30. The summed E-state index contributed by atoms with van der Waals surface area (Å²) in [5, 5.41) is 8.93. The van der Waals surface area contributed by atoms with Crippen molar-refractivity contribution in [2.75, 3.05) is 13.4 Å². The third-order valence-electron chi connectivity index (χ3n) is 3.58. The Kier molecular flexibility index (Phi) is 3.25. The molecule has 0 saturated heterocycles. The molecule has 1 aliphatic heterocycles. The first kappa shape index (κ1) is 12.2. The van der Waals surface area contributed by atoms with Crippen LogP contribution in [-0.4, -0.2) is 24.3 Å². The zero-order valence-corrected chi connectivity index (χ0v) is 10.6. The van der Waals surface area contributed by atoms with E-state index in [9.17, 15) is 4.79 Å². The van der Waals surface area contributed by atoms with Gasteiger partial charge in [-0.2, -0.15) is 0 Å². The second-order valence-corrected chi connectivity index (χ2v) is 4.80. The van der Waals surface area contributed by atoms with Crippen molar-refractivity contribution in [3.05, 3.63) is 29.3 Å². The summed E-state index contributed by atoms with van der Waals surface area (Å²) >= 11 is 0. The van der Waals surface area contributed by atoms with Gasteiger partial charge in [-0.1, -0.05) is 11.6 Å². The molecule has 0 spiro atoms. The minimum Gasteiger partial charge on any atom is -0.454 e. The molecule has 0 atom stereocenters. The maximum Gasteiger partial charge on any atom is 0.231 e. The highest BCUT2D eigenvalue weighted by Gasteiger charge is 2.25. The molecule has 1 aliphatic carbocycles. The molecule has 3 rings (SSSR count). The van der Waals surface area contributed by atoms with E-state index in [1.165, 1.54) is 0 Å². The summed E-state index contributed by atoms with van der Waals surface area (Å²) in [6, 6.07) is 5.63. The number of rotatable bonds is 4. The van der Waals surface area contributed by atoms with Gasteiger partial charge in [0.2, 0.25) is 6.79 Å². The van der Waals surface area contributed by atoms with Crippen LogP contribution in [0.4, 0.5) is 0 Å². The molecule has 4 heteroatoms. The molecule has 0 radical (unpaired) electrons. The molecule has 2 aliphatic rings. The largest absolute Gasteiger partial charge is 0.454 e. The van der Waals surface area contributed by atoms with Crippen LogP contribution in [0.3, 0.4) is 0 Å². The molecule has 1 aromatic rings. The SMILES string of the molecule is O=C1CCC(CCCO)=C1c1ccc2c(c1)OCO2. The van der Waals surface area contributed by atoms with Gasteiger partial charge in [-0.05, 0) is 37.0 Å². The topological polar surface area (TPSA) is 55.8 Å². The van der Waals surface area contributed by atoms with Crippen molar-refractivity contribution in [1.82, 2.24) is 0 Å². The second kappa shape index (κ2) is 5.05. The van der Waals surface area contributed by atoms with E-state index >= 15 is 0 Å². The van der Waals surface area contributed by atoms with Crippen LogP contribution in [0.25, 0.3) is 5.57 Å². The van der Waals surface area contributed by atoms with Gasteiger partial charge in [0.05, 0.1) is 0 Å². The lowest BCUT2D eigenvalue weighted by atomic mass is 9.98. The lowest BCUT2D eigenvalue weighted by Crippen LogP contribution is -1.97. The normalized spacial score (nSPS) is 17.4. The summed E-state index contributed by atoms with van der Waals surface area (Å²) in [6.07, 6.45) is 2.87. The standard InChI is InChI=1S/C15H16O4/c16-7-1-2-10-3-5-12(17)15(10)11-4-6-13-14(8-11)19-9-18-13/h4,6,8,16H,1-3,5,7,9H2. The molecular formula is C15H16O4. The smallest absolute Gasteiger partial charge is 0.231 e. The number of benzene rings is 1. The fourth-order valence-corrected chi connectivity index (χ4v) is 2.67. The third-order valence-corrected chi connectivity index (χ3v) is 3.58. The summed E-state index contributed by atoms with van der Waals surface area (Å²) < 4.78 is 10.6. The number of fused-ring (bicyclic) bond motifs is 1. The van der Waals surface area contributed by atoms with Crippen LogP contribution in [0.15, 0.2) is 23.8 Å². The van der Waals surface area contributed by atoms with Crippen molar-refractivity contribution in [2.24, 2.45) is 0 Å². The van der Waals surface area contributed by atoms with Gasteiger partial charge < -0.3 is 14.6 Å². The first-order valence-electron chi connectivity index (χ1n) is 6.55. The Bertz CT molecular complexity index is 545. The van der Waals surface area contributed by atoms with Gasteiger partial charge in [-0.25, -0.2) is 0 Å². The lowest BCUT2D eigenvalue weighted by molar-refractivity contribution is -0.113. The van der Waals surface area contributed by atoms with E-state index in [0.717, 1.165) is 35.3 Å². The van der Waals surface area contributed by atoms with Crippen LogP contribution in [0.5, 0.6) is 11.5 Å². The predicted molar refractivity (Wildman–Crippen MR) is 70.0 cm³/mol. The van der Waals surface area contributed by atoms with E-state index in [-0.39, 0.29) is 19.2 Å². The quantitative estimate of drug-likeness (QED) is 0.902. The number of ether oxygens (including phenoxy) is 2. The maximum atomic E-state index is 12.1.